The first-order chi connectivity index (χ1) is 8.19. The number of nitrogens with two attached hydrogens (primary N) is 1. The van der Waals surface area contributed by atoms with E-state index in [1.165, 1.54) is 25.7 Å². The van der Waals surface area contributed by atoms with Crippen LogP contribution in [0.4, 0.5) is 0 Å². The molecule has 3 atom stereocenters. The summed E-state index contributed by atoms with van der Waals surface area (Å²) in [6, 6.07) is 0. The van der Waals surface area contributed by atoms with Gasteiger partial charge in [0.15, 0.2) is 0 Å². The molecule has 100 valence electrons. The molecule has 2 nitrogen and oxygen atoms in total. The number of carbonyl (C=O) groups is 1. The number of carbonyl (C=O) groups excluding carboxylic acids is 1. The van der Waals surface area contributed by atoms with Gasteiger partial charge < -0.3 is 5.73 Å². The normalized spacial score (nSPS) is 26.8. The van der Waals surface area contributed by atoms with Crippen molar-refractivity contribution in [2.75, 3.05) is 6.54 Å². The average Bonchev–Trinajstić information content (AvgIpc) is 2.36. The summed E-state index contributed by atoms with van der Waals surface area (Å²) in [5.74, 6) is 2.17. The molecule has 1 aliphatic carbocycles. The van der Waals surface area contributed by atoms with Crippen LogP contribution in [0.3, 0.4) is 0 Å². The van der Waals surface area contributed by atoms with Gasteiger partial charge in [-0.25, -0.2) is 0 Å². The average molecular weight is 239 g/mol. The van der Waals surface area contributed by atoms with Crippen molar-refractivity contribution in [3.05, 3.63) is 0 Å². The highest BCUT2D eigenvalue weighted by Gasteiger charge is 2.29. The third-order valence-electron chi connectivity index (χ3n) is 4.39. The van der Waals surface area contributed by atoms with Crippen molar-refractivity contribution in [3.8, 4) is 0 Å². The second-order valence-electron chi connectivity index (χ2n) is 5.75. The summed E-state index contributed by atoms with van der Waals surface area (Å²) < 4.78 is 0. The Morgan fingerprint density at radius 1 is 1.29 bits per heavy atom. The molecule has 0 saturated heterocycles. The Hall–Kier alpha value is -0.370. The van der Waals surface area contributed by atoms with E-state index in [4.69, 9.17) is 5.73 Å². The van der Waals surface area contributed by atoms with Gasteiger partial charge in [-0.05, 0) is 44.1 Å². The highest BCUT2D eigenvalue weighted by molar-refractivity contribution is 5.81. The maximum atomic E-state index is 12.2. The van der Waals surface area contributed by atoms with Crippen LogP contribution in [0.25, 0.3) is 0 Å². The first-order valence-electron chi connectivity index (χ1n) is 7.41. The van der Waals surface area contributed by atoms with Crippen LogP contribution in [0.1, 0.15) is 65.2 Å². The van der Waals surface area contributed by atoms with Crippen molar-refractivity contribution in [2.24, 2.45) is 23.5 Å². The van der Waals surface area contributed by atoms with Crippen molar-refractivity contribution in [2.45, 2.75) is 65.2 Å². The molecule has 3 unspecified atom stereocenters. The molecule has 17 heavy (non-hydrogen) atoms. The molecule has 0 aromatic carbocycles. The van der Waals surface area contributed by atoms with E-state index < -0.39 is 0 Å². The van der Waals surface area contributed by atoms with Crippen LogP contribution in [0.5, 0.6) is 0 Å². The molecule has 0 bridgehead atoms. The molecule has 0 aromatic rings. The van der Waals surface area contributed by atoms with E-state index in [9.17, 15) is 4.79 Å². The lowest BCUT2D eigenvalue weighted by Crippen LogP contribution is -2.27. The minimum Gasteiger partial charge on any atom is -0.330 e. The van der Waals surface area contributed by atoms with Gasteiger partial charge in [0.05, 0.1) is 0 Å². The smallest absolute Gasteiger partial charge is 0.136 e. The number of ketones is 1. The molecule has 1 fully saturated rings. The highest BCUT2D eigenvalue weighted by Crippen LogP contribution is 2.34. The zero-order valence-electron chi connectivity index (χ0n) is 11.6. The lowest BCUT2D eigenvalue weighted by atomic mass is 9.74. The summed E-state index contributed by atoms with van der Waals surface area (Å²) >= 11 is 0. The van der Waals surface area contributed by atoms with E-state index in [0.717, 1.165) is 32.2 Å². The van der Waals surface area contributed by atoms with Crippen LogP contribution in [0.2, 0.25) is 0 Å². The van der Waals surface area contributed by atoms with Crippen molar-refractivity contribution >= 4 is 5.78 Å². The van der Waals surface area contributed by atoms with Gasteiger partial charge in [0.1, 0.15) is 5.78 Å². The van der Waals surface area contributed by atoms with Crippen LogP contribution < -0.4 is 5.73 Å². The standard InChI is InChI=1S/C15H29NO/c1-3-13-6-4-5-7-14(13)15(17)9-8-12(2)10-11-16/h12-14H,3-11,16H2,1-2H3. The van der Waals surface area contributed by atoms with Crippen LogP contribution >= 0.6 is 0 Å². The van der Waals surface area contributed by atoms with Gasteiger partial charge in [-0.2, -0.15) is 0 Å². The largest absolute Gasteiger partial charge is 0.330 e. The number of rotatable bonds is 7. The fourth-order valence-corrected chi connectivity index (χ4v) is 3.12. The summed E-state index contributed by atoms with van der Waals surface area (Å²) in [4.78, 5) is 12.2. The molecular formula is C15H29NO. The van der Waals surface area contributed by atoms with E-state index in [-0.39, 0.29) is 0 Å². The Balaban J connectivity index is 2.34. The fraction of sp³-hybridized carbons (Fsp3) is 0.933. The summed E-state index contributed by atoms with van der Waals surface area (Å²) in [7, 11) is 0. The summed E-state index contributed by atoms with van der Waals surface area (Å²) in [5.41, 5.74) is 5.54. The van der Waals surface area contributed by atoms with E-state index in [1.807, 2.05) is 0 Å². The monoisotopic (exact) mass is 239 g/mol. The van der Waals surface area contributed by atoms with E-state index >= 15 is 0 Å². The zero-order valence-corrected chi connectivity index (χ0v) is 11.6. The minimum absolute atomic E-state index is 0.374. The molecule has 1 rings (SSSR count). The molecule has 0 heterocycles. The van der Waals surface area contributed by atoms with Crippen molar-refractivity contribution in [1.29, 1.82) is 0 Å². The van der Waals surface area contributed by atoms with Gasteiger partial charge in [0.2, 0.25) is 0 Å². The Bertz CT molecular complexity index is 227. The Morgan fingerprint density at radius 2 is 2.00 bits per heavy atom. The predicted octanol–water partition coefficient (Wildman–Crippen LogP) is 3.54. The van der Waals surface area contributed by atoms with Crippen LogP contribution in [-0.4, -0.2) is 12.3 Å². The maximum absolute atomic E-state index is 12.2. The van der Waals surface area contributed by atoms with E-state index in [1.54, 1.807) is 0 Å². The summed E-state index contributed by atoms with van der Waals surface area (Å²) in [5, 5.41) is 0. The minimum atomic E-state index is 0.374. The third-order valence-corrected chi connectivity index (χ3v) is 4.39. The number of hydrogen-bond acceptors (Lipinski definition) is 2. The lowest BCUT2D eigenvalue weighted by molar-refractivity contribution is -0.126. The quantitative estimate of drug-likeness (QED) is 0.738. The van der Waals surface area contributed by atoms with E-state index in [2.05, 4.69) is 13.8 Å². The van der Waals surface area contributed by atoms with E-state index in [0.29, 0.717) is 23.5 Å². The Kier molecular flexibility index (Phi) is 6.79. The van der Waals surface area contributed by atoms with Gasteiger partial charge in [-0.3, -0.25) is 4.79 Å². The summed E-state index contributed by atoms with van der Waals surface area (Å²) in [6.07, 6.45) is 9.03. The first kappa shape index (κ1) is 14.7. The molecule has 2 heteroatoms. The van der Waals surface area contributed by atoms with Gasteiger partial charge in [0.25, 0.3) is 0 Å². The molecule has 0 spiro atoms. The number of hydrogen-bond donors (Lipinski definition) is 1. The third kappa shape index (κ3) is 4.79. The SMILES string of the molecule is CCC1CCCCC1C(=O)CCC(C)CCN. The second-order valence-corrected chi connectivity index (χ2v) is 5.75. The molecule has 0 radical (unpaired) electrons. The first-order valence-corrected chi connectivity index (χ1v) is 7.41. The summed E-state index contributed by atoms with van der Waals surface area (Å²) in [6.45, 7) is 5.18. The van der Waals surface area contributed by atoms with Gasteiger partial charge in [0, 0.05) is 12.3 Å². The van der Waals surface area contributed by atoms with Crippen molar-refractivity contribution in [1.82, 2.24) is 0 Å². The molecule has 0 aromatic heterocycles. The van der Waals surface area contributed by atoms with Crippen molar-refractivity contribution < 1.29 is 4.79 Å². The topological polar surface area (TPSA) is 43.1 Å². The van der Waals surface area contributed by atoms with Crippen molar-refractivity contribution in [3.63, 3.8) is 0 Å². The molecule has 0 aliphatic heterocycles. The highest BCUT2D eigenvalue weighted by atomic mass is 16.1. The fourth-order valence-electron chi connectivity index (χ4n) is 3.12. The molecule has 0 amide bonds. The Labute approximate surface area is 106 Å². The lowest BCUT2D eigenvalue weighted by Gasteiger charge is -2.30. The van der Waals surface area contributed by atoms with Crippen LogP contribution in [0, 0.1) is 17.8 Å². The molecule has 1 aliphatic rings. The number of Topliss-reactive ketones (excluding diaryl/α,β-unsaturated/α-hetero) is 1. The predicted molar refractivity (Wildman–Crippen MR) is 72.8 cm³/mol. The van der Waals surface area contributed by atoms with Gasteiger partial charge in [-0.15, -0.1) is 0 Å². The zero-order chi connectivity index (χ0) is 12.7. The maximum Gasteiger partial charge on any atom is 0.136 e. The van der Waals surface area contributed by atoms with Crippen LogP contribution in [-0.2, 0) is 4.79 Å². The Morgan fingerprint density at radius 3 is 2.65 bits per heavy atom. The second kappa shape index (κ2) is 7.86. The van der Waals surface area contributed by atoms with Gasteiger partial charge >= 0.3 is 0 Å². The van der Waals surface area contributed by atoms with Gasteiger partial charge in [-0.1, -0.05) is 33.1 Å². The molecule has 2 N–H and O–H groups in total. The van der Waals surface area contributed by atoms with Crippen LogP contribution in [0.15, 0.2) is 0 Å². The molecule has 1 saturated carbocycles. The molecular weight excluding hydrogens is 210 g/mol.